The van der Waals surface area contributed by atoms with Crippen molar-refractivity contribution in [3.63, 3.8) is 0 Å². The van der Waals surface area contributed by atoms with Crippen molar-refractivity contribution in [2.45, 2.75) is 25.2 Å². The van der Waals surface area contributed by atoms with Crippen LogP contribution in [-0.2, 0) is 21.2 Å². The maximum atomic E-state index is 12.2. The zero-order chi connectivity index (χ0) is 15.5. The van der Waals surface area contributed by atoms with E-state index in [4.69, 9.17) is 0 Å². The van der Waals surface area contributed by atoms with Crippen molar-refractivity contribution < 1.29 is 13.2 Å². The molecule has 1 amide bonds. The summed E-state index contributed by atoms with van der Waals surface area (Å²) in [6.45, 7) is 6.93. The van der Waals surface area contributed by atoms with Crippen LogP contribution in [0.4, 0.5) is 5.69 Å². The zero-order valence-corrected chi connectivity index (χ0v) is 13.2. The number of carbonyl (C=O) groups is 1. The maximum absolute atomic E-state index is 12.2. The van der Waals surface area contributed by atoms with Gasteiger partial charge in [-0.05, 0) is 36.9 Å². The van der Waals surface area contributed by atoms with Crippen LogP contribution in [0, 0.1) is 0 Å². The number of hydrogen-bond acceptors (Lipinski definition) is 4. The highest BCUT2D eigenvalue weighted by atomic mass is 32.2. The number of nitrogens with one attached hydrogen (secondary N) is 2. The normalized spacial score (nSPS) is 14.3. The molecule has 7 heteroatoms. The number of benzene rings is 1. The molecule has 1 aromatic carbocycles. The lowest BCUT2D eigenvalue weighted by Crippen LogP contribution is -2.34. The number of hydrogen-bond donors (Lipinski definition) is 2. The predicted molar refractivity (Wildman–Crippen MR) is 81.8 cm³/mol. The lowest BCUT2D eigenvalue weighted by molar-refractivity contribution is -0.115. The third kappa shape index (κ3) is 3.81. The Bertz CT molecular complexity index is 624. The molecule has 1 aliphatic heterocycles. The van der Waals surface area contributed by atoms with E-state index in [0.717, 1.165) is 18.7 Å². The smallest absolute Gasteiger partial charge is 0.240 e. The molecule has 0 fully saturated rings. The predicted octanol–water partition coefficient (Wildman–Crippen LogP) is 0.801. The van der Waals surface area contributed by atoms with Crippen LogP contribution in [0.2, 0.25) is 0 Å². The highest BCUT2D eigenvalue weighted by Gasteiger charge is 2.21. The van der Waals surface area contributed by atoms with Gasteiger partial charge in [-0.1, -0.05) is 13.8 Å². The molecule has 2 rings (SSSR count). The third-order valence-electron chi connectivity index (χ3n) is 3.63. The molecule has 0 bridgehead atoms. The highest BCUT2D eigenvalue weighted by molar-refractivity contribution is 7.89. The number of likely N-dealkylation sites (N-methyl/N-ethyl adjacent to an activating group) is 1. The first kappa shape index (κ1) is 15.9. The van der Waals surface area contributed by atoms with Crippen LogP contribution in [0.5, 0.6) is 0 Å². The number of fused-ring (bicyclic) bond motifs is 1. The first-order valence-electron chi connectivity index (χ1n) is 7.11. The fourth-order valence-corrected chi connectivity index (χ4v) is 3.41. The van der Waals surface area contributed by atoms with Crippen molar-refractivity contribution in [3.05, 3.63) is 23.8 Å². The number of carbonyl (C=O) groups excluding carboxylic acids is 1. The lowest BCUT2D eigenvalue weighted by atomic mass is 10.2. The number of nitrogens with zero attached hydrogens (tertiary/aromatic N) is 1. The first-order chi connectivity index (χ1) is 9.96. The van der Waals surface area contributed by atoms with Crippen molar-refractivity contribution in [3.8, 4) is 0 Å². The van der Waals surface area contributed by atoms with E-state index in [1.54, 1.807) is 12.1 Å². The molecule has 2 N–H and O–H groups in total. The highest BCUT2D eigenvalue weighted by Crippen LogP contribution is 2.25. The van der Waals surface area contributed by atoms with Crippen molar-refractivity contribution in [2.75, 3.05) is 31.5 Å². The quantitative estimate of drug-likeness (QED) is 0.781. The van der Waals surface area contributed by atoms with Gasteiger partial charge in [-0.25, -0.2) is 13.1 Å². The number of sulfonamides is 1. The third-order valence-corrected chi connectivity index (χ3v) is 5.09. The minimum absolute atomic E-state index is 0.103. The number of rotatable bonds is 7. The van der Waals surface area contributed by atoms with E-state index in [9.17, 15) is 13.2 Å². The summed E-state index contributed by atoms with van der Waals surface area (Å²) in [7, 11) is -3.53. The monoisotopic (exact) mass is 311 g/mol. The number of amides is 1. The molecule has 0 saturated heterocycles. The molecule has 116 valence electrons. The van der Waals surface area contributed by atoms with Crippen LogP contribution in [0.25, 0.3) is 0 Å². The Morgan fingerprint density at radius 2 is 2.00 bits per heavy atom. The molecule has 0 atom stereocenters. The Labute approximate surface area is 125 Å². The Morgan fingerprint density at radius 3 is 2.67 bits per heavy atom. The molecular formula is C14H21N3O3S. The van der Waals surface area contributed by atoms with Crippen molar-refractivity contribution >= 4 is 21.6 Å². The van der Waals surface area contributed by atoms with Gasteiger partial charge in [-0.15, -0.1) is 0 Å². The Morgan fingerprint density at radius 1 is 1.29 bits per heavy atom. The van der Waals surface area contributed by atoms with Gasteiger partial charge in [-0.2, -0.15) is 0 Å². The molecule has 0 radical (unpaired) electrons. The molecule has 1 aliphatic rings. The molecule has 0 saturated carbocycles. The Hall–Kier alpha value is -1.44. The fourth-order valence-electron chi connectivity index (χ4n) is 2.33. The van der Waals surface area contributed by atoms with E-state index in [1.165, 1.54) is 6.07 Å². The summed E-state index contributed by atoms with van der Waals surface area (Å²) >= 11 is 0. The summed E-state index contributed by atoms with van der Waals surface area (Å²) in [6, 6.07) is 4.72. The molecule has 0 aromatic heterocycles. The van der Waals surface area contributed by atoms with Gasteiger partial charge in [-0.3, -0.25) is 4.79 Å². The van der Waals surface area contributed by atoms with Gasteiger partial charge < -0.3 is 10.2 Å². The molecule has 0 unspecified atom stereocenters. The van der Waals surface area contributed by atoms with Gasteiger partial charge in [0.2, 0.25) is 15.9 Å². The summed E-state index contributed by atoms with van der Waals surface area (Å²) in [4.78, 5) is 13.6. The van der Waals surface area contributed by atoms with Crippen LogP contribution < -0.4 is 10.0 Å². The van der Waals surface area contributed by atoms with E-state index >= 15 is 0 Å². The van der Waals surface area contributed by atoms with Gasteiger partial charge in [0.15, 0.2) is 0 Å². The Kier molecular flexibility index (Phi) is 4.97. The zero-order valence-electron chi connectivity index (χ0n) is 12.3. The van der Waals surface area contributed by atoms with Gasteiger partial charge in [0, 0.05) is 18.8 Å². The van der Waals surface area contributed by atoms with Crippen LogP contribution in [-0.4, -0.2) is 45.4 Å². The average Bonchev–Trinajstić information content (AvgIpc) is 2.82. The second kappa shape index (κ2) is 6.55. The molecule has 6 nitrogen and oxygen atoms in total. The van der Waals surface area contributed by atoms with E-state index in [-0.39, 0.29) is 17.2 Å². The molecule has 1 aromatic rings. The van der Waals surface area contributed by atoms with Gasteiger partial charge >= 0.3 is 0 Å². The molecular weight excluding hydrogens is 290 g/mol. The minimum atomic E-state index is -3.53. The average molecular weight is 311 g/mol. The minimum Gasteiger partial charge on any atom is -0.326 e. The van der Waals surface area contributed by atoms with E-state index < -0.39 is 10.0 Å². The van der Waals surface area contributed by atoms with E-state index in [0.29, 0.717) is 18.8 Å². The lowest BCUT2D eigenvalue weighted by Gasteiger charge is -2.18. The summed E-state index contributed by atoms with van der Waals surface area (Å²) in [6.07, 6.45) is 0.234. The van der Waals surface area contributed by atoms with Crippen molar-refractivity contribution in [2.24, 2.45) is 0 Å². The van der Waals surface area contributed by atoms with Crippen LogP contribution in [0.15, 0.2) is 23.1 Å². The van der Waals surface area contributed by atoms with Crippen molar-refractivity contribution in [1.82, 2.24) is 9.62 Å². The summed E-state index contributed by atoms with van der Waals surface area (Å²) in [5.74, 6) is -0.103. The van der Waals surface area contributed by atoms with Gasteiger partial charge in [0.25, 0.3) is 0 Å². The first-order valence-corrected chi connectivity index (χ1v) is 8.59. The molecule has 0 spiro atoms. The van der Waals surface area contributed by atoms with Gasteiger partial charge in [0.1, 0.15) is 0 Å². The second-order valence-electron chi connectivity index (χ2n) is 4.97. The molecule has 0 aliphatic carbocycles. The van der Waals surface area contributed by atoms with Crippen LogP contribution in [0.1, 0.15) is 19.4 Å². The standard InChI is InChI=1S/C14H21N3O3S/c1-3-17(4-2)8-7-15-21(19,20)12-5-6-13-11(9-12)10-14(18)16-13/h5-6,9,15H,3-4,7-8,10H2,1-2H3,(H,16,18). The van der Waals surface area contributed by atoms with E-state index in [1.807, 2.05) is 13.8 Å². The topological polar surface area (TPSA) is 78.5 Å². The summed E-state index contributed by atoms with van der Waals surface area (Å²) in [5, 5.41) is 2.69. The second-order valence-corrected chi connectivity index (χ2v) is 6.74. The van der Waals surface area contributed by atoms with Crippen LogP contribution >= 0.6 is 0 Å². The fraction of sp³-hybridized carbons (Fsp3) is 0.500. The molecule has 21 heavy (non-hydrogen) atoms. The summed E-state index contributed by atoms with van der Waals surface area (Å²) in [5.41, 5.74) is 1.42. The number of anilines is 1. The largest absolute Gasteiger partial charge is 0.326 e. The SMILES string of the molecule is CCN(CC)CCNS(=O)(=O)c1ccc2c(c1)CC(=O)N2. The molecule has 1 heterocycles. The van der Waals surface area contributed by atoms with Crippen molar-refractivity contribution in [1.29, 1.82) is 0 Å². The van der Waals surface area contributed by atoms with E-state index in [2.05, 4.69) is 14.9 Å². The Balaban J connectivity index is 2.03. The maximum Gasteiger partial charge on any atom is 0.240 e. The summed E-state index contributed by atoms with van der Waals surface area (Å²) < 4.78 is 27.1. The van der Waals surface area contributed by atoms with Gasteiger partial charge in [0.05, 0.1) is 11.3 Å². The van der Waals surface area contributed by atoms with Crippen LogP contribution in [0.3, 0.4) is 0 Å².